The number of pyridine rings is 2. The lowest BCUT2D eigenvalue weighted by Crippen LogP contribution is -2.40. The Bertz CT molecular complexity index is 531. The lowest BCUT2D eigenvalue weighted by molar-refractivity contribution is -0.684. The van der Waals surface area contributed by atoms with E-state index in [0.717, 1.165) is 5.56 Å². The van der Waals surface area contributed by atoms with Crippen LogP contribution >= 0.6 is 12.4 Å². The van der Waals surface area contributed by atoms with E-state index in [1.165, 1.54) is 0 Å². The molecule has 98 valence electrons. The van der Waals surface area contributed by atoms with Crippen molar-refractivity contribution in [3.05, 3.63) is 60.7 Å². The van der Waals surface area contributed by atoms with Gasteiger partial charge in [0, 0.05) is 30.1 Å². The number of halogens is 1. The molecule has 0 saturated heterocycles. The molecule has 0 unspecified atom stereocenters. The number of aromatic nitrogens is 2. The zero-order valence-electron chi connectivity index (χ0n) is 10.1. The first kappa shape index (κ1) is 14.8. The van der Waals surface area contributed by atoms with Crippen molar-refractivity contribution in [1.82, 2.24) is 10.4 Å². The van der Waals surface area contributed by atoms with Crippen LogP contribution in [0.15, 0.2) is 60.2 Å². The van der Waals surface area contributed by atoms with Crippen molar-refractivity contribution in [3.63, 3.8) is 0 Å². The number of carbonyl (C=O) groups excluding carboxylic acids is 1. The minimum absolute atomic E-state index is 0. The van der Waals surface area contributed by atoms with Crippen LogP contribution in [-0.2, 0) is 11.3 Å². The fourth-order valence-electron chi connectivity index (χ4n) is 1.37. The lowest BCUT2D eigenvalue weighted by atomic mass is 10.3. The Morgan fingerprint density at radius 3 is 2.79 bits per heavy atom. The molecule has 0 aliphatic heterocycles. The molecule has 6 heteroatoms. The molecule has 0 radical (unpaired) electrons. The van der Waals surface area contributed by atoms with Gasteiger partial charge in [-0.1, -0.05) is 12.1 Å². The first-order chi connectivity index (χ1) is 8.84. The molecule has 0 aliphatic rings. The van der Waals surface area contributed by atoms with Crippen molar-refractivity contribution < 1.29 is 9.36 Å². The molecule has 2 aromatic heterocycles. The van der Waals surface area contributed by atoms with Crippen molar-refractivity contribution in [2.45, 2.75) is 6.54 Å². The van der Waals surface area contributed by atoms with E-state index in [1.54, 1.807) is 23.2 Å². The van der Waals surface area contributed by atoms with Gasteiger partial charge in [-0.15, -0.1) is 12.4 Å². The second-order valence-electron chi connectivity index (χ2n) is 3.63. The van der Waals surface area contributed by atoms with Crippen LogP contribution in [0.25, 0.3) is 0 Å². The molecule has 0 aromatic carbocycles. The highest BCUT2D eigenvalue weighted by molar-refractivity contribution is 5.85. The number of amides is 1. The second-order valence-corrected chi connectivity index (χ2v) is 3.63. The fourth-order valence-corrected chi connectivity index (χ4v) is 1.37. The van der Waals surface area contributed by atoms with E-state index in [-0.39, 0.29) is 24.9 Å². The van der Waals surface area contributed by atoms with E-state index in [1.807, 2.05) is 42.7 Å². The summed E-state index contributed by atoms with van der Waals surface area (Å²) in [6.45, 7) is 0.241. The van der Waals surface area contributed by atoms with Crippen molar-refractivity contribution in [3.8, 4) is 0 Å². The predicted molar refractivity (Wildman–Crippen MR) is 73.9 cm³/mol. The topological polar surface area (TPSA) is 58.2 Å². The van der Waals surface area contributed by atoms with Gasteiger partial charge in [-0.05, 0) is 6.07 Å². The van der Waals surface area contributed by atoms with Gasteiger partial charge in [0.25, 0.3) is 0 Å². The summed E-state index contributed by atoms with van der Waals surface area (Å²) in [5, 5.41) is 3.86. The summed E-state index contributed by atoms with van der Waals surface area (Å²) in [5.74, 6) is -0.175. The number of carbonyl (C=O) groups is 1. The van der Waals surface area contributed by atoms with Gasteiger partial charge >= 0.3 is 5.91 Å². The Kier molecular flexibility index (Phi) is 6.18. The van der Waals surface area contributed by atoms with Gasteiger partial charge in [-0.25, -0.2) is 5.43 Å². The third-order valence-electron chi connectivity index (χ3n) is 2.19. The molecule has 2 heterocycles. The molecule has 0 bridgehead atoms. The monoisotopic (exact) mass is 277 g/mol. The summed E-state index contributed by atoms with van der Waals surface area (Å²) in [5.41, 5.74) is 3.30. The summed E-state index contributed by atoms with van der Waals surface area (Å²) in [7, 11) is 0. The standard InChI is InChI=1S/C13H12N4O.ClH/c18-13(11-17-7-2-1-3-8-17)16-15-10-12-5-4-6-14-9-12;/h1-10H,11H2;1H/p+1/b15-10+;. The molecule has 0 spiro atoms. The summed E-state index contributed by atoms with van der Waals surface area (Å²) in [4.78, 5) is 15.5. The summed E-state index contributed by atoms with van der Waals surface area (Å²) in [6.07, 6.45) is 8.55. The molecular weight excluding hydrogens is 264 g/mol. The van der Waals surface area contributed by atoms with Crippen molar-refractivity contribution >= 4 is 24.5 Å². The first-order valence-electron chi connectivity index (χ1n) is 5.50. The Balaban J connectivity index is 0.00000180. The lowest BCUT2D eigenvalue weighted by Gasteiger charge is -1.96. The summed E-state index contributed by atoms with van der Waals surface area (Å²) in [6, 6.07) is 9.30. The molecule has 2 aromatic rings. The maximum Gasteiger partial charge on any atom is 0.305 e. The van der Waals surface area contributed by atoms with Gasteiger partial charge in [-0.3, -0.25) is 9.78 Å². The van der Waals surface area contributed by atoms with E-state index in [9.17, 15) is 4.79 Å². The molecule has 1 N–H and O–H groups in total. The van der Waals surface area contributed by atoms with Gasteiger partial charge in [0.15, 0.2) is 12.4 Å². The highest BCUT2D eigenvalue weighted by atomic mass is 35.5. The Morgan fingerprint density at radius 2 is 2.11 bits per heavy atom. The zero-order chi connectivity index (χ0) is 12.6. The smallest absolute Gasteiger partial charge is 0.266 e. The molecule has 19 heavy (non-hydrogen) atoms. The first-order valence-corrected chi connectivity index (χ1v) is 5.50. The van der Waals surface area contributed by atoms with E-state index in [2.05, 4.69) is 15.5 Å². The van der Waals surface area contributed by atoms with Gasteiger partial charge in [0.05, 0.1) is 6.21 Å². The Labute approximate surface area is 117 Å². The van der Waals surface area contributed by atoms with Crippen molar-refractivity contribution in [2.75, 3.05) is 0 Å². The van der Waals surface area contributed by atoms with Crippen LogP contribution in [0, 0.1) is 0 Å². The second kappa shape index (κ2) is 7.94. The largest absolute Gasteiger partial charge is 0.305 e. The van der Waals surface area contributed by atoms with E-state index >= 15 is 0 Å². The summed E-state index contributed by atoms with van der Waals surface area (Å²) >= 11 is 0. The third-order valence-corrected chi connectivity index (χ3v) is 2.19. The number of hydrogen-bond donors (Lipinski definition) is 1. The van der Waals surface area contributed by atoms with E-state index in [4.69, 9.17) is 0 Å². The third kappa shape index (κ3) is 5.27. The van der Waals surface area contributed by atoms with Gasteiger partial charge in [0.1, 0.15) is 0 Å². The SMILES string of the molecule is Cl.O=C(C[n+]1ccccc1)N/N=C/c1cccnc1. The number of hydrazone groups is 1. The maximum absolute atomic E-state index is 11.5. The minimum Gasteiger partial charge on any atom is -0.266 e. The molecular formula is C13H14ClN4O+. The molecule has 1 amide bonds. The van der Waals surface area contributed by atoms with Crippen LogP contribution in [0.5, 0.6) is 0 Å². The normalized spacial score (nSPS) is 9.89. The number of rotatable bonds is 4. The quantitative estimate of drug-likeness (QED) is 0.514. The van der Waals surface area contributed by atoms with Crippen LogP contribution in [0.2, 0.25) is 0 Å². The number of nitrogens with one attached hydrogen (secondary N) is 1. The molecule has 2 rings (SSSR count). The number of nitrogens with zero attached hydrogens (tertiary/aromatic N) is 3. The van der Waals surface area contributed by atoms with Crippen LogP contribution in [0.3, 0.4) is 0 Å². The molecule has 0 saturated carbocycles. The van der Waals surface area contributed by atoms with Crippen LogP contribution < -0.4 is 9.99 Å². The van der Waals surface area contributed by atoms with Gasteiger partial charge < -0.3 is 0 Å². The predicted octanol–water partition coefficient (Wildman–Crippen LogP) is 0.941. The minimum atomic E-state index is -0.175. The molecule has 0 fully saturated rings. The number of hydrogen-bond acceptors (Lipinski definition) is 3. The van der Waals surface area contributed by atoms with Gasteiger partial charge in [-0.2, -0.15) is 9.67 Å². The average Bonchev–Trinajstić information content (AvgIpc) is 2.41. The van der Waals surface area contributed by atoms with Crippen molar-refractivity contribution in [2.24, 2.45) is 5.10 Å². The van der Waals surface area contributed by atoms with Crippen molar-refractivity contribution in [1.29, 1.82) is 0 Å². The zero-order valence-corrected chi connectivity index (χ0v) is 11.0. The molecule has 5 nitrogen and oxygen atoms in total. The van der Waals surface area contributed by atoms with E-state index in [0.29, 0.717) is 0 Å². The summed E-state index contributed by atoms with van der Waals surface area (Å²) < 4.78 is 1.77. The fraction of sp³-hybridized carbons (Fsp3) is 0.0769. The van der Waals surface area contributed by atoms with Crippen LogP contribution in [0.1, 0.15) is 5.56 Å². The Morgan fingerprint density at radius 1 is 1.32 bits per heavy atom. The van der Waals surface area contributed by atoms with Crippen LogP contribution in [-0.4, -0.2) is 17.1 Å². The maximum atomic E-state index is 11.5. The highest BCUT2D eigenvalue weighted by Crippen LogP contribution is 1.89. The van der Waals surface area contributed by atoms with Crippen LogP contribution in [0.4, 0.5) is 0 Å². The average molecular weight is 278 g/mol. The highest BCUT2D eigenvalue weighted by Gasteiger charge is 2.06. The van der Waals surface area contributed by atoms with Gasteiger partial charge in [0.2, 0.25) is 6.54 Å². The molecule has 0 atom stereocenters. The Hall–Kier alpha value is -2.27. The van der Waals surface area contributed by atoms with E-state index < -0.39 is 0 Å². The molecule has 0 aliphatic carbocycles.